The van der Waals surface area contributed by atoms with Crippen LogP contribution in [0.1, 0.15) is 36.3 Å². The van der Waals surface area contributed by atoms with Crippen molar-refractivity contribution in [3.63, 3.8) is 0 Å². The van der Waals surface area contributed by atoms with Gasteiger partial charge in [0.25, 0.3) is 5.56 Å². The minimum Gasteiger partial charge on any atom is -0.485 e. The molecule has 2 aromatic heterocycles. The molecule has 4 rings (SSSR count). The van der Waals surface area contributed by atoms with Gasteiger partial charge in [0.15, 0.2) is 5.65 Å². The van der Waals surface area contributed by atoms with Gasteiger partial charge in [0.2, 0.25) is 5.91 Å². The third-order valence-corrected chi connectivity index (χ3v) is 5.26. The average molecular weight is 452 g/mol. The van der Waals surface area contributed by atoms with Gasteiger partial charge in [-0.3, -0.25) is 9.59 Å². The molecule has 8 heteroatoms. The molecule has 2 aromatic carbocycles. The first-order valence-electron chi connectivity index (χ1n) is 10.2. The number of amides is 1. The summed E-state index contributed by atoms with van der Waals surface area (Å²) >= 11 is 6.16. The van der Waals surface area contributed by atoms with E-state index in [4.69, 9.17) is 20.9 Å². The second kappa shape index (κ2) is 9.28. The molecule has 0 saturated carbocycles. The fraction of sp³-hybridized carbons (Fsp3) is 0.208. The molecule has 7 nitrogen and oxygen atoms in total. The van der Waals surface area contributed by atoms with Crippen LogP contribution in [0, 0.1) is 6.92 Å². The third-order valence-electron chi connectivity index (χ3n) is 5.03. The van der Waals surface area contributed by atoms with Crippen molar-refractivity contribution in [1.82, 2.24) is 9.56 Å². The molecule has 1 atom stereocenters. The topological polar surface area (TPSA) is 85.8 Å². The Labute approximate surface area is 189 Å². The van der Waals surface area contributed by atoms with Crippen molar-refractivity contribution < 1.29 is 14.1 Å². The normalized spacial score (nSPS) is 12.0. The van der Waals surface area contributed by atoms with Crippen molar-refractivity contribution in [2.45, 2.75) is 32.8 Å². The van der Waals surface area contributed by atoms with Crippen LogP contribution in [0.3, 0.4) is 0 Å². The Hall–Kier alpha value is -3.58. The van der Waals surface area contributed by atoms with E-state index in [-0.39, 0.29) is 24.0 Å². The first kappa shape index (κ1) is 21.6. The van der Waals surface area contributed by atoms with E-state index in [1.807, 2.05) is 37.3 Å². The summed E-state index contributed by atoms with van der Waals surface area (Å²) in [7, 11) is 0. The zero-order chi connectivity index (χ0) is 22.7. The SMILES string of the molecule is CC[C@H](C(=O)Nc1cc(Cl)ccc1OCc1cc(=O)n2oc(C)cc2n1)c1ccccc1. The fourth-order valence-electron chi connectivity index (χ4n) is 3.50. The number of hydrogen-bond acceptors (Lipinski definition) is 5. The van der Waals surface area contributed by atoms with Crippen LogP contribution in [-0.4, -0.2) is 15.5 Å². The molecule has 0 radical (unpaired) electrons. The minimum absolute atomic E-state index is 0.0381. The number of rotatable bonds is 7. The van der Waals surface area contributed by atoms with Crippen LogP contribution in [0.15, 0.2) is 70.0 Å². The highest BCUT2D eigenvalue weighted by Gasteiger charge is 2.20. The number of aromatic nitrogens is 2. The Morgan fingerprint density at radius 2 is 1.97 bits per heavy atom. The van der Waals surface area contributed by atoms with E-state index < -0.39 is 0 Å². The number of anilines is 1. The molecule has 1 N–H and O–H groups in total. The number of nitrogens with one attached hydrogen (secondary N) is 1. The van der Waals surface area contributed by atoms with Crippen LogP contribution in [-0.2, 0) is 11.4 Å². The zero-order valence-corrected chi connectivity index (χ0v) is 18.4. The highest BCUT2D eigenvalue weighted by atomic mass is 35.5. The predicted octanol–water partition coefficient (Wildman–Crippen LogP) is 4.96. The summed E-state index contributed by atoms with van der Waals surface area (Å²) in [6.45, 7) is 3.74. The highest BCUT2D eigenvalue weighted by Crippen LogP contribution is 2.30. The van der Waals surface area contributed by atoms with Gasteiger partial charge in [-0.2, -0.15) is 0 Å². The molecule has 164 valence electrons. The quantitative estimate of drug-likeness (QED) is 0.429. The van der Waals surface area contributed by atoms with Crippen LogP contribution >= 0.6 is 11.6 Å². The molecule has 0 aliphatic carbocycles. The molecular formula is C24H22ClN3O4. The summed E-state index contributed by atoms with van der Waals surface area (Å²) in [5.74, 6) is 0.546. The summed E-state index contributed by atoms with van der Waals surface area (Å²) in [4.78, 5) is 29.6. The molecule has 0 unspecified atom stereocenters. The lowest BCUT2D eigenvalue weighted by Gasteiger charge is -2.18. The van der Waals surface area contributed by atoms with Crippen molar-refractivity contribution in [3.05, 3.63) is 93.1 Å². The third kappa shape index (κ3) is 4.68. The Kier molecular flexibility index (Phi) is 6.28. The van der Waals surface area contributed by atoms with Gasteiger partial charge in [0.05, 0.1) is 17.3 Å². The van der Waals surface area contributed by atoms with Crippen molar-refractivity contribution >= 4 is 28.8 Å². The van der Waals surface area contributed by atoms with E-state index in [1.54, 1.807) is 31.2 Å². The Morgan fingerprint density at radius 3 is 2.72 bits per heavy atom. The number of aryl methyl sites for hydroxylation is 1. The molecule has 4 aromatic rings. The maximum Gasteiger partial charge on any atom is 0.287 e. The van der Waals surface area contributed by atoms with Crippen LogP contribution in [0.4, 0.5) is 5.69 Å². The second-order valence-electron chi connectivity index (χ2n) is 7.37. The summed E-state index contributed by atoms with van der Waals surface area (Å²) in [6, 6.07) is 17.6. The first-order valence-corrected chi connectivity index (χ1v) is 10.6. The summed E-state index contributed by atoms with van der Waals surface area (Å²) < 4.78 is 12.3. The van der Waals surface area contributed by atoms with Crippen LogP contribution < -0.4 is 15.6 Å². The molecule has 2 heterocycles. The summed E-state index contributed by atoms with van der Waals surface area (Å²) in [5.41, 5.74) is 1.91. The summed E-state index contributed by atoms with van der Waals surface area (Å²) in [6.07, 6.45) is 0.643. The number of benzene rings is 2. The lowest BCUT2D eigenvalue weighted by atomic mass is 9.95. The molecule has 32 heavy (non-hydrogen) atoms. The maximum absolute atomic E-state index is 13.0. The number of halogens is 1. The van der Waals surface area contributed by atoms with Gasteiger partial charge in [0, 0.05) is 17.2 Å². The Bertz CT molecular complexity index is 1310. The Morgan fingerprint density at radius 1 is 1.19 bits per heavy atom. The largest absolute Gasteiger partial charge is 0.485 e. The number of carbonyl (C=O) groups excluding carboxylic acids is 1. The molecule has 0 saturated heterocycles. The van der Waals surface area contributed by atoms with Crippen LogP contribution in [0.25, 0.3) is 5.65 Å². The van der Waals surface area contributed by atoms with E-state index >= 15 is 0 Å². The maximum atomic E-state index is 13.0. The lowest BCUT2D eigenvalue weighted by Crippen LogP contribution is -2.21. The standard InChI is InChI=1S/C24H22ClN3O4/c1-3-19(16-7-5-4-6-8-16)24(30)27-20-12-17(25)9-10-21(20)31-14-18-13-23(29)28-22(26-18)11-15(2)32-28/h4-13,19H,3,14H2,1-2H3,(H,27,30)/t19-/m0/s1. The van der Waals surface area contributed by atoms with E-state index in [0.29, 0.717) is 40.0 Å². The predicted molar refractivity (Wildman–Crippen MR) is 122 cm³/mol. The second-order valence-corrected chi connectivity index (χ2v) is 7.81. The van der Waals surface area contributed by atoms with Gasteiger partial charge in [0.1, 0.15) is 18.1 Å². The smallest absolute Gasteiger partial charge is 0.287 e. The van der Waals surface area contributed by atoms with Crippen molar-refractivity contribution in [3.8, 4) is 5.75 Å². The van der Waals surface area contributed by atoms with Gasteiger partial charge in [-0.1, -0.05) is 48.9 Å². The van der Waals surface area contributed by atoms with Crippen molar-refractivity contribution in [2.75, 3.05) is 5.32 Å². The molecule has 0 bridgehead atoms. The van der Waals surface area contributed by atoms with E-state index in [0.717, 1.165) is 10.1 Å². The average Bonchev–Trinajstić information content (AvgIpc) is 3.15. The van der Waals surface area contributed by atoms with Crippen molar-refractivity contribution in [1.29, 1.82) is 0 Å². The van der Waals surface area contributed by atoms with Crippen LogP contribution in [0.2, 0.25) is 5.02 Å². The molecule has 0 fully saturated rings. The van der Waals surface area contributed by atoms with E-state index in [2.05, 4.69) is 10.3 Å². The van der Waals surface area contributed by atoms with Gasteiger partial charge in [-0.25, -0.2) is 4.98 Å². The fourth-order valence-corrected chi connectivity index (χ4v) is 3.67. The molecule has 0 spiro atoms. The van der Waals surface area contributed by atoms with Gasteiger partial charge in [-0.05, 0) is 37.1 Å². The number of fused-ring (bicyclic) bond motifs is 1. The zero-order valence-electron chi connectivity index (χ0n) is 17.7. The molecule has 0 aliphatic heterocycles. The minimum atomic E-state index is -0.333. The van der Waals surface area contributed by atoms with E-state index in [1.165, 1.54) is 6.07 Å². The highest BCUT2D eigenvalue weighted by molar-refractivity contribution is 6.31. The molecule has 1 amide bonds. The van der Waals surface area contributed by atoms with Crippen LogP contribution in [0.5, 0.6) is 5.75 Å². The Balaban J connectivity index is 1.54. The molecular weight excluding hydrogens is 430 g/mol. The number of nitrogens with zero attached hydrogens (tertiary/aromatic N) is 2. The summed E-state index contributed by atoms with van der Waals surface area (Å²) in [5, 5.41) is 3.40. The van der Waals surface area contributed by atoms with Gasteiger partial charge < -0.3 is 14.6 Å². The van der Waals surface area contributed by atoms with E-state index in [9.17, 15) is 9.59 Å². The van der Waals surface area contributed by atoms with Crippen molar-refractivity contribution in [2.24, 2.45) is 0 Å². The van der Waals surface area contributed by atoms with Gasteiger partial charge in [-0.15, -0.1) is 4.57 Å². The number of carbonyl (C=O) groups is 1. The first-order chi connectivity index (χ1) is 15.4. The lowest BCUT2D eigenvalue weighted by molar-refractivity contribution is -0.117. The van der Waals surface area contributed by atoms with Gasteiger partial charge >= 0.3 is 0 Å². The number of hydrogen-bond donors (Lipinski definition) is 1. The monoisotopic (exact) mass is 451 g/mol. The molecule has 0 aliphatic rings. The number of ether oxygens (including phenoxy) is 1.